The summed E-state index contributed by atoms with van der Waals surface area (Å²) in [5, 5.41) is 3.24. The first-order valence-corrected chi connectivity index (χ1v) is 6.19. The molecular weight excluding hydrogens is 228 g/mol. The van der Waals surface area contributed by atoms with E-state index in [0.29, 0.717) is 13.2 Å². The lowest BCUT2D eigenvalue weighted by atomic mass is 9.88. The van der Waals surface area contributed by atoms with Crippen LogP contribution in [-0.2, 0) is 14.9 Å². The van der Waals surface area contributed by atoms with Crippen LogP contribution in [0, 0.1) is 0 Å². The van der Waals surface area contributed by atoms with Crippen molar-refractivity contribution >= 4 is 5.82 Å². The molecule has 1 N–H and O–H groups in total. The second kappa shape index (κ2) is 6.71. The van der Waals surface area contributed by atoms with Crippen LogP contribution in [0.2, 0.25) is 0 Å². The number of methoxy groups -OCH3 is 2. The van der Waals surface area contributed by atoms with E-state index in [0.717, 1.165) is 5.82 Å². The fourth-order valence-electron chi connectivity index (χ4n) is 1.56. The summed E-state index contributed by atoms with van der Waals surface area (Å²) in [6, 6.07) is 4.10. The summed E-state index contributed by atoms with van der Waals surface area (Å²) in [5.74, 6) is 0.862. The van der Waals surface area contributed by atoms with Gasteiger partial charge in [0.25, 0.3) is 0 Å². The number of aromatic nitrogens is 1. The molecule has 1 atom stereocenters. The highest BCUT2D eigenvalue weighted by atomic mass is 16.5. The zero-order valence-electron chi connectivity index (χ0n) is 12.0. The molecule has 0 saturated carbocycles. The molecule has 1 aromatic rings. The predicted octanol–water partition coefficient (Wildman–Crippen LogP) is 2.45. The molecule has 102 valence electrons. The van der Waals surface area contributed by atoms with Gasteiger partial charge in [-0.2, -0.15) is 0 Å². The molecule has 0 spiro atoms. The standard InChI is InChI=1S/C14H24N2O2/c1-14(2,3)11-6-7-13(15-8-11)16-9-12(18-5)10-17-4/h6-8,12H,9-10H2,1-5H3,(H,15,16). The molecule has 0 aromatic carbocycles. The van der Waals surface area contributed by atoms with Crippen LogP contribution in [0.15, 0.2) is 18.3 Å². The Morgan fingerprint density at radius 1 is 1.28 bits per heavy atom. The molecule has 1 unspecified atom stereocenters. The molecular formula is C14H24N2O2. The number of pyridine rings is 1. The highest BCUT2D eigenvalue weighted by Crippen LogP contribution is 2.21. The van der Waals surface area contributed by atoms with Gasteiger partial charge in [-0.3, -0.25) is 0 Å². The van der Waals surface area contributed by atoms with Crippen LogP contribution >= 0.6 is 0 Å². The first-order chi connectivity index (χ1) is 8.47. The Morgan fingerprint density at radius 3 is 2.44 bits per heavy atom. The number of nitrogens with zero attached hydrogens (tertiary/aromatic N) is 1. The van der Waals surface area contributed by atoms with Gasteiger partial charge in [0, 0.05) is 27.0 Å². The van der Waals surface area contributed by atoms with Crippen molar-refractivity contribution in [3.63, 3.8) is 0 Å². The van der Waals surface area contributed by atoms with E-state index < -0.39 is 0 Å². The summed E-state index contributed by atoms with van der Waals surface area (Å²) in [6.45, 7) is 7.79. The molecule has 18 heavy (non-hydrogen) atoms. The van der Waals surface area contributed by atoms with Gasteiger partial charge in [-0.25, -0.2) is 4.98 Å². The molecule has 0 aliphatic rings. The van der Waals surface area contributed by atoms with Gasteiger partial charge in [0.2, 0.25) is 0 Å². The minimum absolute atomic E-state index is 0.0408. The average Bonchev–Trinajstić information content (AvgIpc) is 2.34. The highest BCUT2D eigenvalue weighted by molar-refractivity contribution is 5.37. The quantitative estimate of drug-likeness (QED) is 0.844. The average molecular weight is 252 g/mol. The Balaban J connectivity index is 2.53. The minimum Gasteiger partial charge on any atom is -0.382 e. The van der Waals surface area contributed by atoms with Crippen molar-refractivity contribution in [2.45, 2.75) is 32.3 Å². The van der Waals surface area contributed by atoms with Crippen molar-refractivity contribution in [2.24, 2.45) is 0 Å². The van der Waals surface area contributed by atoms with Gasteiger partial charge < -0.3 is 14.8 Å². The fourth-order valence-corrected chi connectivity index (χ4v) is 1.56. The Kier molecular flexibility index (Phi) is 5.56. The fraction of sp³-hybridized carbons (Fsp3) is 0.643. The molecule has 1 heterocycles. The van der Waals surface area contributed by atoms with Gasteiger partial charge in [0.15, 0.2) is 0 Å². The third kappa shape index (κ3) is 4.63. The van der Waals surface area contributed by atoms with Crippen molar-refractivity contribution in [1.29, 1.82) is 0 Å². The number of rotatable bonds is 6. The van der Waals surface area contributed by atoms with Gasteiger partial charge in [-0.1, -0.05) is 26.8 Å². The summed E-state index contributed by atoms with van der Waals surface area (Å²) >= 11 is 0. The van der Waals surface area contributed by atoms with E-state index in [1.165, 1.54) is 5.56 Å². The van der Waals surface area contributed by atoms with E-state index in [9.17, 15) is 0 Å². The van der Waals surface area contributed by atoms with Crippen molar-refractivity contribution in [2.75, 3.05) is 32.7 Å². The van der Waals surface area contributed by atoms with E-state index in [2.05, 4.69) is 37.1 Å². The molecule has 0 saturated heterocycles. The van der Waals surface area contributed by atoms with E-state index in [4.69, 9.17) is 9.47 Å². The Bertz CT molecular complexity index is 344. The topological polar surface area (TPSA) is 43.4 Å². The Labute approximate surface area is 110 Å². The SMILES string of the molecule is COCC(CNc1ccc(C(C)(C)C)cn1)OC. The predicted molar refractivity (Wildman–Crippen MR) is 74.1 cm³/mol. The van der Waals surface area contributed by atoms with Gasteiger partial charge in [-0.05, 0) is 17.0 Å². The van der Waals surface area contributed by atoms with Gasteiger partial charge >= 0.3 is 0 Å². The first kappa shape index (κ1) is 14.9. The number of hydrogen-bond acceptors (Lipinski definition) is 4. The van der Waals surface area contributed by atoms with Gasteiger partial charge in [-0.15, -0.1) is 0 Å². The van der Waals surface area contributed by atoms with Crippen molar-refractivity contribution in [3.05, 3.63) is 23.9 Å². The van der Waals surface area contributed by atoms with Crippen LogP contribution in [0.3, 0.4) is 0 Å². The second-order valence-corrected chi connectivity index (χ2v) is 5.38. The zero-order valence-corrected chi connectivity index (χ0v) is 12.0. The maximum Gasteiger partial charge on any atom is 0.125 e. The van der Waals surface area contributed by atoms with Crippen molar-refractivity contribution in [1.82, 2.24) is 4.98 Å². The van der Waals surface area contributed by atoms with Gasteiger partial charge in [0.1, 0.15) is 5.82 Å². The molecule has 0 bridgehead atoms. The van der Waals surface area contributed by atoms with E-state index in [1.807, 2.05) is 12.3 Å². The smallest absolute Gasteiger partial charge is 0.125 e. The second-order valence-electron chi connectivity index (χ2n) is 5.38. The van der Waals surface area contributed by atoms with Crippen LogP contribution in [0.4, 0.5) is 5.82 Å². The number of ether oxygens (including phenoxy) is 2. The van der Waals surface area contributed by atoms with E-state index in [1.54, 1.807) is 14.2 Å². The molecule has 4 nitrogen and oxygen atoms in total. The Morgan fingerprint density at radius 2 is 2.00 bits per heavy atom. The lowest BCUT2D eigenvalue weighted by Gasteiger charge is -2.19. The Hall–Kier alpha value is -1.13. The van der Waals surface area contributed by atoms with Crippen LogP contribution < -0.4 is 5.32 Å². The summed E-state index contributed by atoms with van der Waals surface area (Å²) in [6.07, 6.45) is 1.96. The van der Waals surface area contributed by atoms with Crippen LogP contribution in [-0.4, -0.2) is 38.5 Å². The molecule has 0 radical (unpaired) electrons. The molecule has 1 rings (SSSR count). The molecule has 0 aliphatic heterocycles. The highest BCUT2D eigenvalue weighted by Gasteiger charge is 2.13. The number of nitrogens with one attached hydrogen (secondary N) is 1. The van der Waals surface area contributed by atoms with Crippen LogP contribution in [0.5, 0.6) is 0 Å². The molecule has 0 amide bonds. The van der Waals surface area contributed by atoms with Crippen molar-refractivity contribution in [3.8, 4) is 0 Å². The number of anilines is 1. The lowest BCUT2D eigenvalue weighted by molar-refractivity contribution is 0.0365. The first-order valence-electron chi connectivity index (χ1n) is 6.19. The van der Waals surface area contributed by atoms with Gasteiger partial charge in [0.05, 0.1) is 12.7 Å². The zero-order chi connectivity index (χ0) is 13.6. The molecule has 4 heteroatoms. The maximum absolute atomic E-state index is 5.28. The summed E-state index contributed by atoms with van der Waals surface area (Å²) < 4.78 is 10.3. The summed E-state index contributed by atoms with van der Waals surface area (Å²) in [4.78, 5) is 4.40. The third-order valence-electron chi connectivity index (χ3n) is 2.83. The molecule has 0 aliphatic carbocycles. The minimum atomic E-state index is 0.0408. The lowest BCUT2D eigenvalue weighted by Crippen LogP contribution is -2.26. The van der Waals surface area contributed by atoms with Crippen molar-refractivity contribution < 1.29 is 9.47 Å². The molecule has 1 aromatic heterocycles. The number of hydrogen-bond donors (Lipinski definition) is 1. The summed E-state index contributed by atoms with van der Waals surface area (Å²) in [5.41, 5.74) is 1.37. The van der Waals surface area contributed by atoms with Crippen LogP contribution in [0.25, 0.3) is 0 Å². The largest absolute Gasteiger partial charge is 0.382 e. The molecule has 0 fully saturated rings. The van der Waals surface area contributed by atoms with E-state index in [-0.39, 0.29) is 11.5 Å². The third-order valence-corrected chi connectivity index (χ3v) is 2.83. The monoisotopic (exact) mass is 252 g/mol. The summed E-state index contributed by atoms with van der Waals surface area (Å²) in [7, 11) is 3.35. The van der Waals surface area contributed by atoms with E-state index >= 15 is 0 Å². The maximum atomic E-state index is 5.28. The van der Waals surface area contributed by atoms with Crippen LogP contribution in [0.1, 0.15) is 26.3 Å². The normalized spacial score (nSPS) is 13.4.